The maximum Gasteiger partial charge on any atom is 0.341 e. The van der Waals surface area contributed by atoms with Crippen LogP contribution in [0.4, 0.5) is 8.78 Å². The Labute approximate surface area is 137 Å². The van der Waals surface area contributed by atoms with Gasteiger partial charge >= 0.3 is 5.97 Å². The van der Waals surface area contributed by atoms with E-state index in [0.717, 1.165) is 12.1 Å². The molecule has 1 fully saturated rings. The van der Waals surface area contributed by atoms with Gasteiger partial charge in [-0.2, -0.15) is 0 Å². The van der Waals surface area contributed by atoms with Gasteiger partial charge in [0.05, 0.1) is 34.6 Å². The SMILES string of the molecule is O=C(OC(CN1CCOCC1)CS(=O)(=O)[O-])c1cc(F)ccc1F. The first-order valence-corrected chi connectivity index (χ1v) is 8.72. The highest BCUT2D eigenvalue weighted by Gasteiger charge is 2.24. The van der Waals surface area contributed by atoms with E-state index in [1.165, 1.54) is 0 Å². The van der Waals surface area contributed by atoms with Crippen LogP contribution in [0, 0.1) is 11.6 Å². The molecule has 2 rings (SSSR count). The van der Waals surface area contributed by atoms with Gasteiger partial charge in [0.2, 0.25) is 0 Å². The van der Waals surface area contributed by atoms with Crippen LogP contribution in [0.5, 0.6) is 0 Å². The monoisotopic (exact) mass is 364 g/mol. The Morgan fingerprint density at radius 2 is 2.00 bits per heavy atom. The second-order valence-corrected chi connectivity index (χ2v) is 6.74. The Kier molecular flexibility index (Phi) is 6.21. The number of ether oxygens (including phenoxy) is 2. The lowest BCUT2D eigenvalue weighted by Crippen LogP contribution is -2.44. The molecule has 134 valence electrons. The van der Waals surface area contributed by atoms with Crippen LogP contribution in [0.1, 0.15) is 10.4 Å². The molecule has 1 aliphatic rings. The van der Waals surface area contributed by atoms with Gasteiger partial charge in [-0.15, -0.1) is 0 Å². The van der Waals surface area contributed by atoms with Crippen LogP contribution in [-0.4, -0.2) is 68.5 Å². The van der Waals surface area contributed by atoms with Crippen molar-refractivity contribution in [1.82, 2.24) is 4.90 Å². The summed E-state index contributed by atoms with van der Waals surface area (Å²) in [6, 6.07) is 2.24. The molecule has 1 unspecified atom stereocenters. The van der Waals surface area contributed by atoms with Crippen LogP contribution in [0.2, 0.25) is 0 Å². The molecular formula is C14H16F2NO6S-. The summed E-state index contributed by atoms with van der Waals surface area (Å²) in [7, 11) is -4.67. The molecule has 0 radical (unpaired) electrons. The fraction of sp³-hybridized carbons (Fsp3) is 0.500. The molecule has 0 bridgehead atoms. The van der Waals surface area contributed by atoms with Crippen molar-refractivity contribution in [3.05, 3.63) is 35.4 Å². The lowest BCUT2D eigenvalue weighted by Gasteiger charge is -2.30. The zero-order valence-corrected chi connectivity index (χ0v) is 13.4. The molecule has 0 aliphatic carbocycles. The summed E-state index contributed by atoms with van der Waals surface area (Å²) in [5.41, 5.74) is -0.662. The number of esters is 1. The number of hydrogen-bond acceptors (Lipinski definition) is 7. The van der Waals surface area contributed by atoms with Crippen molar-refractivity contribution in [3.8, 4) is 0 Å². The van der Waals surface area contributed by atoms with E-state index in [0.29, 0.717) is 32.4 Å². The summed E-state index contributed by atoms with van der Waals surface area (Å²) in [5, 5.41) is 0. The first-order valence-electron chi connectivity index (χ1n) is 7.14. The maximum absolute atomic E-state index is 13.6. The summed E-state index contributed by atoms with van der Waals surface area (Å²) in [5.74, 6) is -4.03. The van der Waals surface area contributed by atoms with Crippen LogP contribution in [0.3, 0.4) is 0 Å². The van der Waals surface area contributed by atoms with Gasteiger partial charge in [0, 0.05) is 19.6 Å². The smallest absolute Gasteiger partial charge is 0.341 e. The largest absolute Gasteiger partial charge is 0.748 e. The van der Waals surface area contributed by atoms with Gasteiger partial charge in [0.25, 0.3) is 0 Å². The predicted octanol–water partition coefficient (Wildman–Crippen LogP) is 0.368. The zero-order chi connectivity index (χ0) is 17.7. The maximum atomic E-state index is 13.6. The molecule has 0 aromatic heterocycles. The van der Waals surface area contributed by atoms with Crippen molar-refractivity contribution in [1.29, 1.82) is 0 Å². The molecule has 1 saturated heterocycles. The third kappa shape index (κ3) is 5.78. The lowest BCUT2D eigenvalue weighted by atomic mass is 10.2. The van der Waals surface area contributed by atoms with Gasteiger partial charge in [-0.1, -0.05) is 0 Å². The van der Waals surface area contributed by atoms with Crippen molar-refractivity contribution in [2.45, 2.75) is 6.10 Å². The van der Waals surface area contributed by atoms with Crippen molar-refractivity contribution < 1.29 is 36.0 Å². The van der Waals surface area contributed by atoms with E-state index in [1.54, 1.807) is 4.90 Å². The predicted molar refractivity (Wildman–Crippen MR) is 77.4 cm³/mol. The summed E-state index contributed by atoms with van der Waals surface area (Å²) in [6.07, 6.45) is -1.29. The second-order valence-electron chi connectivity index (χ2n) is 5.29. The minimum Gasteiger partial charge on any atom is -0.748 e. The Morgan fingerprint density at radius 1 is 1.33 bits per heavy atom. The number of carbonyl (C=O) groups is 1. The van der Waals surface area contributed by atoms with E-state index in [-0.39, 0.29) is 6.54 Å². The van der Waals surface area contributed by atoms with E-state index in [4.69, 9.17) is 9.47 Å². The minimum absolute atomic E-state index is 0.0203. The first-order chi connectivity index (χ1) is 11.2. The molecule has 1 aromatic carbocycles. The summed E-state index contributed by atoms with van der Waals surface area (Å²) in [6.45, 7) is 1.77. The van der Waals surface area contributed by atoms with Gasteiger partial charge in [-0.05, 0) is 18.2 Å². The molecular weight excluding hydrogens is 348 g/mol. The molecule has 1 atom stereocenters. The number of hydrogen-bond donors (Lipinski definition) is 0. The van der Waals surface area contributed by atoms with Crippen molar-refractivity contribution in [3.63, 3.8) is 0 Å². The highest BCUT2D eigenvalue weighted by Crippen LogP contribution is 2.13. The second kappa shape index (κ2) is 7.97. The average Bonchev–Trinajstić information content (AvgIpc) is 2.49. The fourth-order valence-corrected chi connectivity index (χ4v) is 2.92. The van der Waals surface area contributed by atoms with E-state index < -0.39 is 45.1 Å². The van der Waals surface area contributed by atoms with Gasteiger partial charge in [-0.3, -0.25) is 4.90 Å². The van der Waals surface area contributed by atoms with E-state index in [2.05, 4.69) is 0 Å². The Hall–Kier alpha value is -1.62. The highest BCUT2D eigenvalue weighted by atomic mass is 32.2. The third-order valence-electron chi connectivity index (χ3n) is 3.38. The molecule has 0 saturated carbocycles. The van der Waals surface area contributed by atoms with Crippen LogP contribution in [-0.2, 0) is 19.6 Å². The molecule has 0 amide bonds. The van der Waals surface area contributed by atoms with Gasteiger partial charge in [0.1, 0.15) is 17.7 Å². The van der Waals surface area contributed by atoms with Gasteiger partial charge < -0.3 is 14.0 Å². The minimum atomic E-state index is -4.67. The molecule has 7 nitrogen and oxygen atoms in total. The number of carbonyl (C=O) groups excluding carboxylic acids is 1. The number of rotatable bonds is 6. The molecule has 1 heterocycles. The summed E-state index contributed by atoms with van der Waals surface area (Å²) >= 11 is 0. The first kappa shape index (κ1) is 18.7. The quantitative estimate of drug-likeness (QED) is 0.531. The fourth-order valence-electron chi connectivity index (χ4n) is 2.29. The number of halogens is 2. The van der Waals surface area contributed by atoms with Gasteiger partial charge in [-0.25, -0.2) is 22.0 Å². The van der Waals surface area contributed by atoms with E-state index >= 15 is 0 Å². The lowest BCUT2D eigenvalue weighted by molar-refractivity contribution is 0.000669. The zero-order valence-electron chi connectivity index (χ0n) is 12.6. The Balaban J connectivity index is 2.11. The number of nitrogens with zero attached hydrogens (tertiary/aromatic N) is 1. The average molecular weight is 364 g/mol. The standard InChI is InChI=1S/C14H17F2NO6S/c15-10-1-2-13(16)12(7-10)14(18)23-11(9-24(19,20)21)8-17-3-5-22-6-4-17/h1-2,7,11H,3-6,8-9H2,(H,19,20,21)/p-1. The molecule has 24 heavy (non-hydrogen) atoms. The molecule has 10 heteroatoms. The molecule has 1 aromatic rings. The Morgan fingerprint density at radius 3 is 2.62 bits per heavy atom. The van der Waals surface area contributed by atoms with Crippen LogP contribution in [0.25, 0.3) is 0 Å². The third-order valence-corrected chi connectivity index (χ3v) is 4.16. The normalized spacial score (nSPS) is 17.5. The Bertz CT molecular complexity index is 691. The number of benzene rings is 1. The van der Waals surface area contributed by atoms with E-state index in [9.17, 15) is 26.5 Å². The van der Waals surface area contributed by atoms with Crippen molar-refractivity contribution >= 4 is 16.1 Å². The molecule has 0 N–H and O–H groups in total. The summed E-state index contributed by atoms with van der Waals surface area (Å²) in [4.78, 5) is 13.7. The van der Waals surface area contributed by atoms with Crippen LogP contribution in [0.15, 0.2) is 18.2 Å². The van der Waals surface area contributed by atoms with Crippen LogP contribution < -0.4 is 0 Å². The highest BCUT2D eigenvalue weighted by molar-refractivity contribution is 7.85. The summed E-state index contributed by atoms with van der Waals surface area (Å²) < 4.78 is 69.8. The number of morpholine rings is 1. The molecule has 1 aliphatic heterocycles. The topological polar surface area (TPSA) is 96.0 Å². The van der Waals surface area contributed by atoms with Crippen molar-refractivity contribution in [2.75, 3.05) is 38.6 Å². The molecule has 0 spiro atoms. The van der Waals surface area contributed by atoms with Gasteiger partial charge in [0.15, 0.2) is 0 Å². The van der Waals surface area contributed by atoms with Crippen LogP contribution >= 0.6 is 0 Å². The van der Waals surface area contributed by atoms with E-state index in [1.807, 2.05) is 0 Å². The van der Waals surface area contributed by atoms with Crippen molar-refractivity contribution in [2.24, 2.45) is 0 Å².